The Morgan fingerprint density at radius 3 is 2.52 bits per heavy atom. The zero-order chi connectivity index (χ0) is 29.5. The Morgan fingerprint density at radius 2 is 1.76 bits per heavy atom. The van der Waals surface area contributed by atoms with E-state index >= 15 is 0 Å². The Hall–Kier alpha value is -4.64. The van der Waals surface area contributed by atoms with Gasteiger partial charge in [0.15, 0.2) is 11.5 Å². The Bertz CT molecular complexity index is 1530. The lowest BCUT2D eigenvalue weighted by atomic mass is 10.0. The van der Waals surface area contributed by atoms with Gasteiger partial charge < -0.3 is 29.2 Å². The molecule has 1 aromatic heterocycles. The quantitative estimate of drug-likeness (QED) is 0.274. The van der Waals surface area contributed by atoms with Gasteiger partial charge >= 0.3 is 0 Å². The third kappa shape index (κ3) is 6.31. The molecule has 1 N–H and O–H groups in total. The molecule has 42 heavy (non-hydrogen) atoms. The van der Waals surface area contributed by atoms with E-state index in [0.29, 0.717) is 47.0 Å². The van der Waals surface area contributed by atoms with Gasteiger partial charge in [0.25, 0.3) is 0 Å². The summed E-state index contributed by atoms with van der Waals surface area (Å²) in [6.45, 7) is 0.983. The number of amides is 2. The van der Waals surface area contributed by atoms with Gasteiger partial charge in [-0.3, -0.25) is 9.59 Å². The number of aromatic nitrogens is 3. The van der Waals surface area contributed by atoms with E-state index < -0.39 is 6.04 Å². The van der Waals surface area contributed by atoms with Gasteiger partial charge in [0.05, 0.1) is 39.5 Å². The molecule has 11 heteroatoms. The molecule has 1 aliphatic rings. The fraction of sp³-hybridized carbons (Fsp3) is 0.355. The first-order valence-corrected chi connectivity index (χ1v) is 13.8. The molecule has 4 aromatic rings. The average Bonchev–Trinajstić information content (AvgIpc) is 3.70. The van der Waals surface area contributed by atoms with Crippen LogP contribution >= 0.6 is 0 Å². The van der Waals surface area contributed by atoms with Crippen molar-refractivity contribution in [1.29, 1.82) is 0 Å². The molecule has 0 radical (unpaired) electrons. The van der Waals surface area contributed by atoms with Crippen molar-refractivity contribution >= 4 is 22.8 Å². The maximum Gasteiger partial charge on any atom is 0.247 e. The number of ether oxygens (including phenoxy) is 4. The number of benzene rings is 3. The monoisotopic (exact) mass is 573 g/mol. The largest absolute Gasteiger partial charge is 0.496 e. The summed E-state index contributed by atoms with van der Waals surface area (Å²) in [5, 5.41) is 11.4. The normalized spacial score (nSPS) is 15.3. The molecule has 2 amide bonds. The molecule has 0 aliphatic carbocycles. The first kappa shape index (κ1) is 28.9. The zero-order valence-corrected chi connectivity index (χ0v) is 24.0. The number of rotatable bonds is 12. The minimum absolute atomic E-state index is 0.0696. The van der Waals surface area contributed by atoms with E-state index in [1.807, 2.05) is 48.5 Å². The fourth-order valence-electron chi connectivity index (χ4n) is 5.21. The second kappa shape index (κ2) is 13.3. The van der Waals surface area contributed by atoms with Crippen LogP contribution in [-0.2, 0) is 27.4 Å². The predicted molar refractivity (Wildman–Crippen MR) is 155 cm³/mol. The molecule has 1 fully saturated rings. The lowest BCUT2D eigenvalue weighted by molar-refractivity contribution is -0.142. The van der Waals surface area contributed by atoms with Gasteiger partial charge in [-0.1, -0.05) is 41.6 Å². The highest BCUT2D eigenvalue weighted by molar-refractivity contribution is 5.89. The molecule has 0 bridgehead atoms. The van der Waals surface area contributed by atoms with Crippen molar-refractivity contribution in [2.45, 2.75) is 38.1 Å². The average molecular weight is 574 g/mol. The molecule has 2 atom stereocenters. The highest BCUT2D eigenvalue weighted by Gasteiger charge is 2.34. The van der Waals surface area contributed by atoms with E-state index in [4.69, 9.17) is 18.9 Å². The molecule has 0 saturated carbocycles. The van der Waals surface area contributed by atoms with Crippen LogP contribution in [-0.4, -0.2) is 72.3 Å². The molecule has 2 heterocycles. The first-order chi connectivity index (χ1) is 20.5. The Balaban J connectivity index is 1.56. The summed E-state index contributed by atoms with van der Waals surface area (Å²) in [7, 11) is 4.65. The van der Waals surface area contributed by atoms with Gasteiger partial charge in [-0.25, -0.2) is 4.68 Å². The van der Waals surface area contributed by atoms with Crippen molar-refractivity contribution in [1.82, 2.24) is 25.2 Å². The minimum Gasteiger partial charge on any atom is -0.496 e. The van der Waals surface area contributed by atoms with Gasteiger partial charge in [0, 0.05) is 18.7 Å². The number of carbonyl (C=O) groups is 2. The van der Waals surface area contributed by atoms with Crippen molar-refractivity contribution in [3.8, 4) is 17.2 Å². The Labute approximate surface area is 244 Å². The van der Waals surface area contributed by atoms with Crippen molar-refractivity contribution in [2.75, 3.05) is 34.5 Å². The summed E-state index contributed by atoms with van der Waals surface area (Å²) in [6.07, 6.45) is 1.74. The predicted octanol–water partition coefficient (Wildman–Crippen LogP) is 3.52. The van der Waals surface area contributed by atoms with Crippen LogP contribution in [0.3, 0.4) is 0 Å². The molecule has 1 saturated heterocycles. The highest BCUT2D eigenvalue weighted by atomic mass is 16.5. The number of nitrogens with zero attached hydrogens (tertiary/aromatic N) is 4. The van der Waals surface area contributed by atoms with E-state index in [0.717, 1.165) is 18.4 Å². The smallest absolute Gasteiger partial charge is 0.247 e. The van der Waals surface area contributed by atoms with Crippen LogP contribution in [0.25, 0.3) is 11.0 Å². The van der Waals surface area contributed by atoms with E-state index in [9.17, 15) is 9.59 Å². The van der Waals surface area contributed by atoms with Crippen LogP contribution in [0.1, 0.15) is 30.0 Å². The topological polar surface area (TPSA) is 117 Å². The summed E-state index contributed by atoms with van der Waals surface area (Å²) in [5.41, 5.74) is 2.69. The third-order valence-electron chi connectivity index (χ3n) is 7.37. The van der Waals surface area contributed by atoms with Gasteiger partial charge in [-0.15, -0.1) is 5.10 Å². The summed E-state index contributed by atoms with van der Waals surface area (Å²) in [6, 6.07) is 19.1. The van der Waals surface area contributed by atoms with Gasteiger partial charge in [-0.05, 0) is 48.7 Å². The van der Waals surface area contributed by atoms with E-state index in [-0.39, 0.29) is 31.0 Å². The first-order valence-electron chi connectivity index (χ1n) is 13.8. The molecule has 5 rings (SSSR count). The third-order valence-corrected chi connectivity index (χ3v) is 7.37. The molecule has 2 unspecified atom stereocenters. The molecular formula is C31H35N5O6. The van der Waals surface area contributed by atoms with Crippen LogP contribution in [0.4, 0.5) is 0 Å². The van der Waals surface area contributed by atoms with Crippen LogP contribution in [0, 0.1) is 0 Å². The van der Waals surface area contributed by atoms with Crippen molar-refractivity contribution in [2.24, 2.45) is 0 Å². The van der Waals surface area contributed by atoms with Crippen LogP contribution in [0.15, 0.2) is 66.7 Å². The van der Waals surface area contributed by atoms with Gasteiger partial charge in [0.1, 0.15) is 23.9 Å². The number of hydrogen-bond donors (Lipinski definition) is 1. The van der Waals surface area contributed by atoms with Crippen LogP contribution in [0.2, 0.25) is 0 Å². The fourth-order valence-corrected chi connectivity index (χ4v) is 5.21. The SMILES string of the molecule is COc1ccccc1CN(C(=O)Cn1nnc2ccccc21)C(C(=O)NCC1CCCO1)c1ccc(OC)c(OC)c1. The summed E-state index contributed by atoms with van der Waals surface area (Å²) in [5.74, 6) is 0.885. The van der Waals surface area contributed by atoms with E-state index in [1.165, 1.54) is 7.11 Å². The summed E-state index contributed by atoms with van der Waals surface area (Å²) >= 11 is 0. The highest BCUT2D eigenvalue weighted by Crippen LogP contribution is 2.34. The number of para-hydroxylation sites is 2. The standard InChI is InChI=1S/C31H35N5O6/c1-39-26-13-7-4-9-22(26)19-35(29(37)20-36-25-12-6-5-11-24(25)33-34-36)30(31(38)32-18-23-10-8-16-42-23)21-14-15-27(40-2)28(17-21)41-3/h4-7,9,11-15,17,23,30H,8,10,16,18-20H2,1-3H3,(H,32,38). The Morgan fingerprint density at radius 1 is 1.00 bits per heavy atom. The molecule has 0 spiro atoms. The van der Waals surface area contributed by atoms with E-state index in [1.54, 1.807) is 42.0 Å². The lowest BCUT2D eigenvalue weighted by Crippen LogP contribution is -2.46. The summed E-state index contributed by atoms with van der Waals surface area (Å²) < 4.78 is 23.9. The van der Waals surface area contributed by atoms with Crippen molar-refractivity contribution in [3.63, 3.8) is 0 Å². The second-order valence-electron chi connectivity index (χ2n) is 9.97. The molecule has 220 valence electrons. The number of methoxy groups -OCH3 is 3. The lowest BCUT2D eigenvalue weighted by Gasteiger charge is -2.32. The van der Waals surface area contributed by atoms with Crippen molar-refractivity contribution < 1.29 is 28.5 Å². The Kier molecular flexibility index (Phi) is 9.18. The minimum atomic E-state index is -1.02. The summed E-state index contributed by atoms with van der Waals surface area (Å²) in [4.78, 5) is 29.9. The number of nitrogens with one attached hydrogen (secondary N) is 1. The number of hydrogen-bond acceptors (Lipinski definition) is 8. The molecule has 3 aromatic carbocycles. The van der Waals surface area contributed by atoms with Gasteiger partial charge in [-0.2, -0.15) is 0 Å². The van der Waals surface area contributed by atoms with Gasteiger partial charge in [0.2, 0.25) is 11.8 Å². The maximum absolute atomic E-state index is 14.3. The number of carbonyl (C=O) groups excluding carboxylic acids is 2. The molecule has 1 aliphatic heterocycles. The van der Waals surface area contributed by atoms with Crippen LogP contribution in [0.5, 0.6) is 17.2 Å². The van der Waals surface area contributed by atoms with Crippen molar-refractivity contribution in [3.05, 3.63) is 77.9 Å². The maximum atomic E-state index is 14.3. The zero-order valence-electron chi connectivity index (χ0n) is 24.0. The number of fused-ring (bicyclic) bond motifs is 1. The van der Waals surface area contributed by atoms with Crippen LogP contribution < -0.4 is 19.5 Å². The second-order valence-corrected chi connectivity index (χ2v) is 9.97. The molecule has 11 nitrogen and oxygen atoms in total. The van der Waals surface area contributed by atoms with E-state index in [2.05, 4.69) is 15.6 Å². The molecular weight excluding hydrogens is 538 g/mol.